The van der Waals surface area contributed by atoms with E-state index in [1.807, 2.05) is 13.8 Å². The van der Waals surface area contributed by atoms with Gasteiger partial charge in [0.1, 0.15) is 11.3 Å². The van der Waals surface area contributed by atoms with Crippen molar-refractivity contribution in [2.75, 3.05) is 11.5 Å². The van der Waals surface area contributed by atoms with Crippen LogP contribution in [-0.4, -0.2) is 24.5 Å². The number of rotatable bonds is 4. The maximum Gasteiger partial charge on any atom is 0.335 e. The second-order valence-electron chi connectivity index (χ2n) is 5.92. The van der Waals surface area contributed by atoms with Gasteiger partial charge in [0, 0.05) is 0 Å². The van der Waals surface area contributed by atoms with Crippen LogP contribution >= 0.6 is 15.9 Å². The number of aryl methyl sites for hydroxylation is 1. The number of amides is 4. The monoisotopic (exact) mass is 428 g/mol. The van der Waals surface area contributed by atoms with Crippen LogP contribution in [0.5, 0.6) is 5.75 Å². The maximum atomic E-state index is 12.8. The summed E-state index contributed by atoms with van der Waals surface area (Å²) in [5, 5.41) is 2.21. The number of imide groups is 2. The summed E-state index contributed by atoms with van der Waals surface area (Å²) in [6.07, 6.45) is 1.45. The molecule has 0 spiro atoms. The summed E-state index contributed by atoms with van der Waals surface area (Å²) < 4.78 is 6.16. The summed E-state index contributed by atoms with van der Waals surface area (Å²) >= 11 is 3.40. The number of anilines is 1. The fourth-order valence-corrected chi connectivity index (χ4v) is 3.14. The van der Waals surface area contributed by atoms with Crippen molar-refractivity contribution < 1.29 is 19.1 Å². The Kier molecular flexibility index (Phi) is 5.41. The normalized spacial score (nSPS) is 15.9. The molecule has 0 bridgehead atoms. The van der Waals surface area contributed by atoms with Crippen molar-refractivity contribution in [2.24, 2.45) is 0 Å². The number of benzene rings is 2. The van der Waals surface area contributed by atoms with E-state index in [1.165, 1.54) is 6.08 Å². The summed E-state index contributed by atoms with van der Waals surface area (Å²) in [7, 11) is 0. The summed E-state index contributed by atoms with van der Waals surface area (Å²) in [4.78, 5) is 38.2. The van der Waals surface area contributed by atoms with Crippen LogP contribution in [0.25, 0.3) is 6.08 Å². The first-order valence-electron chi connectivity index (χ1n) is 8.31. The molecule has 4 amide bonds. The number of barbiturate groups is 1. The Morgan fingerprint density at radius 1 is 1.11 bits per heavy atom. The van der Waals surface area contributed by atoms with Gasteiger partial charge in [0.25, 0.3) is 11.8 Å². The molecule has 0 aliphatic carbocycles. The quantitative estimate of drug-likeness (QED) is 0.592. The molecular formula is C20H17BrN2O4. The Morgan fingerprint density at radius 2 is 1.81 bits per heavy atom. The summed E-state index contributed by atoms with van der Waals surface area (Å²) in [5.41, 5.74) is 1.90. The first-order chi connectivity index (χ1) is 12.9. The number of urea groups is 1. The van der Waals surface area contributed by atoms with E-state index in [-0.39, 0.29) is 5.57 Å². The third kappa shape index (κ3) is 3.93. The molecule has 1 N–H and O–H groups in total. The number of carbonyl (C=O) groups excluding carboxylic acids is 3. The predicted octanol–water partition coefficient (Wildman–Crippen LogP) is 3.82. The molecule has 27 heavy (non-hydrogen) atoms. The van der Waals surface area contributed by atoms with Crippen LogP contribution in [0.4, 0.5) is 10.5 Å². The Balaban J connectivity index is 1.96. The van der Waals surface area contributed by atoms with Crippen LogP contribution in [0.3, 0.4) is 0 Å². The molecule has 0 unspecified atom stereocenters. The zero-order valence-corrected chi connectivity index (χ0v) is 16.4. The van der Waals surface area contributed by atoms with Gasteiger partial charge in [0.05, 0.1) is 16.8 Å². The highest BCUT2D eigenvalue weighted by Gasteiger charge is 2.36. The molecule has 1 aliphatic rings. The molecule has 3 rings (SSSR count). The van der Waals surface area contributed by atoms with E-state index in [4.69, 9.17) is 4.74 Å². The van der Waals surface area contributed by atoms with Gasteiger partial charge < -0.3 is 4.74 Å². The molecule has 6 nitrogen and oxygen atoms in total. The summed E-state index contributed by atoms with van der Waals surface area (Å²) in [6.45, 7) is 4.30. The van der Waals surface area contributed by atoms with Gasteiger partial charge in [-0.2, -0.15) is 0 Å². The third-order valence-corrected chi connectivity index (χ3v) is 4.58. The van der Waals surface area contributed by atoms with Crippen LogP contribution in [0.1, 0.15) is 18.1 Å². The van der Waals surface area contributed by atoms with Gasteiger partial charge in [-0.1, -0.05) is 23.8 Å². The van der Waals surface area contributed by atoms with E-state index in [2.05, 4.69) is 21.2 Å². The Bertz CT molecular complexity index is 951. The van der Waals surface area contributed by atoms with E-state index >= 15 is 0 Å². The molecule has 0 saturated carbocycles. The highest BCUT2D eigenvalue weighted by Crippen LogP contribution is 2.28. The zero-order chi connectivity index (χ0) is 19.6. The van der Waals surface area contributed by atoms with E-state index < -0.39 is 17.8 Å². The van der Waals surface area contributed by atoms with Crippen molar-refractivity contribution in [3.05, 3.63) is 63.6 Å². The SMILES string of the molecule is CCOc1ccc(/C=C2\C(=O)NC(=O)N(c3ccc(C)cc3)C2=O)cc1Br. The van der Waals surface area contributed by atoms with Gasteiger partial charge in [-0.25, -0.2) is 9.69 Å². The van der Waals surface area contributed by atoms with Crippen LogP contribution in [0, 0.1) is 6.92 Å². The number of nitrogens with zero attached hydrogens (tertiary/aromatic N) is 1. The molecule has 1 heterocycles. The second-order valence-corrected chi connectivity index (χ2v) is 6.77. The number of hydrogen-bond acceptors (Lipinski definition) is 4. The van der Waals surface area contributed by atoms with Crippen molar-refractivity contribution in [3.63, 3.8) is 0 Å². The Morgan fingerprint density at radius 3 is 2.44 bits per heavy atom. The van der Waals surface area contributed by atoms with Gasteiger partial charge in [-0.15, -0.1) is 0 Å². The lowest BCUT2D eigenvalue weighted by Gasteiger charge is -2.26. The zero-order valence-electron chi connectivity index (χ0n) is 14.8. The van der Waals surface area contributed by atoms with Crippen LogP contribution < -0.4 is 15.0 Å². The highest BCUT2D eigenvalue weighted by atomic mass is 79.9. The first-order valence-corrected chi connectivity index (χ1v) is 9.10. The summed E-state index contributed by atoms with van der Waals surface area (Å²) in [6, 6.07) is 11.4. The lowest BCUT2D eigenvalue weighted by Crippen LogP contribution is -2.54. The van der Waals surface area contributed by atoms with Crippen LogP contribution in [-0.2, 0) is 9.59 Å². The molecule has 138 valence electrons. The Hall–Kier alpha value is -2.93. The largest absolute Gasteiger partial charge is 0.493 e. The average molecular weight is 429 g/mol. The minimum Gasteiger partial charge on any atom is -0.493 e. The standard InChI is InChI=1S/C20H17BrN2O4/c1-3-27-17-9-6-13(11-16(17)21)10-15-18(24)22-20(26)23(19(15)25)14-7-4-12(2)5-8-14/h4-11H,3H2,1-2H3,(H,22,24,26)/b15-10+. The average Bonchev–Trinajstić information content (AvgIpc) is 2.62. The van der Waals surface area contributed by atoms with E-state index in [1.54, 1.807) is 42.5 Å². The number of hydrogen-bond donors (Lipinski definition) is 1. The number of ether oxygens (including phenoxy) is 1. The number of carbonyl (C=O) groups is 3. The molecule has 1 aliphatic heterocycles. The van der Waals surface area contributed by atoms with Gasteiger partial charge in [-0.3, -0.25) is 14.9 Å². The molecule has 0 radical (unpaired) electrons. The van der Waals surface area contributed by atoms with Gasteiger partial charge in [-0.05, 0) is 65.7 Å². The molecule has 2 aromatic rings. The topological polar surface area (TPSA) is 75.7 Å². The van der Waals surface area contributed by atoms with E-state index in [0.717, 1.165) is 10.5 Å². The van der Waals surface area contributed by atoms with Crippen molar-refractivity contribution in [3.8, 4) is 5.75 Å². The fraction of sp³-hybridized carbons (Fsp3) is 0.150. The first kappa shape index (κ1) is 18.8. The fourth-order valence-electron chi connectivity index (χ4n) is 2.63. The predicted molar refractivity (Wildman–Crippen MR) is 105 cm³/mol. The lowest BCUT2D eigenvalue weighted by atomic mass is 10.1. The third-order valence-electron chi connectivity index (χ3n) is 3.96. The van der Waals surface area contributed by atoms with Crippen molar-refractivity contribution >= 4 is 45.5 Å². The molecular weight excluding hydrogens is 412 g/mol. The molecule has 0 aromatic heterocycles. The Labute approximate surface area is 164 Å². The van der Waals surface area contributed by atoms with Crippen molar-refractivity contribution in [1.82, 2.24) is 5.32 Å². The van der Waals surface area contributed by atoms with Crippen molar-refractivity contribution in [1.29, 1.82) is 0 Å². The van der Waals surface area contributed by atoms with Gasteiger partial charge in [0.2, 0.25) is 0 Å². The molecule has 1 fully saturated rings. The van der Waals surface area contributed by atoms with Crippen LogP contribution in [0.2, 0.25) is 0 Å². The smallest absolute Gasteiger partial charge is 0.335 e. The van der Waals surface area contributed by atoms with Crippen LogP contribution in [0.15, 0.2) is 52.5 Å². The van der Waals surface area contributed by atoms with E-state index in [9.17, 15) is 14.4 Å². The molecule has 1 saturated heterocycles. The minimum absolute atomic E-state index is 0.119. The second kappa shape index (κ2) is 7.75. The van der Waals surface area contributed by atoms with Gasteiger partial charge >= 0.3 is 6.03 Å². The van der Waals surface area contributed by atoms with E-state index in [0.29, 0.717) is 28.1 Å². The maximum absolute atomic E-state index is 12.8. The number of halogens is 1. The molecule has 7 heteroatoms. The van der Waals surface area contributed by atoms with Gasteiger partial charge in [0.15, 0.2) is 0 Å². The number of nitrogens with one attached hydrogen (secondary N) is 1. The molecule has 0 atom stereocenters. The minimum atomic E-state index is -0.765. The molecule has 2 aromatic carbocycles. The highest BCUT2D eigenvalue weighted by molar-refractivity contribution is 9.10. The van der Waals surface area contributed by atoms with Crippen molar-refractivity contribution in [2.45, 2.75) is 13.8 Å². The summed E-state index contributed by atoms with van der Waals surface area (Å²) in [5.74, 6) is -0.730. The lowest BCUT2D eigenvalue weighted by molar-refractivity contribution is -0.122.